The molecule has 10 nitrogen and oxygen atoms in total. The standard InChI is InChI=1S/C28H39N5O5/c1-16-13-23(38-21-8-6-7-20(14-21)27(34)36-5)25(19-11-12-19)29-24(16)26-22(33(4)31-30-26)15-37-28(35)32(3)17(2)18-9-10-18/h13,17-21H,6-12,14-15H2,1-5H3/t17-,20+,21+/m1/s1. The van der Waals surface area contributed by atoms with Gasteiger partial charge in [-0.15, -0.1) is 5.10 Å². The average Bonchev–Trinajstić information content (AvgIpc) is 3.84. The van der Waals surface area contributed by atoms with E-state index < -0.39 is 0 Å². The van der Waals surface area contributed by atoms with E-state index in [1.54, 1.807) is 23.7 Å². The van der Waals surface area contributed by atoms with E-state index >= 15 is 0 Å². The summed E-state index contributed by atoms with van der Waals surface area (Å²) in [5, 5.41) is 8.62. The topological polar surface area (TPSA) is 109 Å². The summed E-state index contributed by atoms with van der Waals surface area (Å²) in [5.74, 6) is 1.42. The maximum atomic E-state index is 12.7. The van der Waals surface area contributed by atoms with Crippen molar-refractivity contribution >= 4 is 12.1 Å². The average molecular weight is 526 g/mol. The van der Waals surface area contributed by atoms with Gasteiger partial charge in [-0.3, -0.25) is 4.79 Å². The number of methoxy groups -OCH3 is 1. The molecule has 3 aliphatic rings. The predicted octanol–water partition coefficient (Wildman–Crippen LogP) is 4.54. The van der Waals surface area contributed by atoms with Gasteiger partial charge in [0.25, 0.3) is 0 Å². The second-order valence-electron chi connectivity index (χ2n) is 11.2. The molecule has 0 spiro atoms. The fourth-order valence-corrected chi connectivity index (χ4v) is 5.41. The van der Waals surface area contributed by atoms with Crippen molar-refractivity contribution in [1.82, 2.24) is 24.9 Å². The third kappa shape index (κ3) is 5.63. The van der Waals surface area contributed by atoms with E-state index in [4.69, 9.17) is 19.2 Å². The number of ether oxygens (including phenoxy) is 3. The minimum atomic E-state index is -0.346. The van der Waals surface area contributed by atoms with Crippen molar-refractivity contribution in [2.75, 3.05) is 14.2 Å². The smallest absolute Gasteiger partial charge is 0.410 e. The van der Waals surface area contributed by atoms with Crippen molar-refractivity contribution in [3.8, 4) is 17.1 Å². The molecule has 206 valence electrons. The molecule has 3 saturated carbocycles. The summed E-state index contributed by atoms with van der Waals surface area (Å²) in [6.07, 6.45) is 7.41. The quantitative estimate of drug-likeness (QED) is 0.439. The van der Waals surface area contributed by atoms with Crippen molar-refractivity contribution in [2.24, 2.45) is 18.9 Å². The van der Waals surface area contributed by atoms with Crippen LogP contribution in [0.2, 0.25) is 0 Å². The maximum Gasteiger partial charge on any atom is 0.410 e. The number of nitrogens with zero attached hydrogens (tertiary/aromatic N) is 5. The Morgan fingerprint density at radius 3 is 2.61 bits per heavy atom. The summed E-state index contributed by atoms with van der Waals surface area (Å²) in [4.78, 5) is 31.5. The number of pyridine rings is 1. The monoisotopic (exact) mass is 525 g/mol. The van der Waals surface area contributed by atoms with E-state index in [1.165, 1.54) is 7.11 Å². The highest BCUT2D eigenvalue weighted by Crippen LogP contribution is 2.45. The summed E-state index contributed by atoms with van der Waals surface area (Å²) >= 11 is 0. The minimum absolute atomic E-state index is 0.0427. The number of rotatable bonds is 9. The van der Waals surface area contributed by atoms with Crippen molar-refractivity contribution in [3.63, 3.8) is 0 Å². The van der Waals surface area contributed by atoms with Crippen LogP contribution in [0, 0.1) is 18.8 Å². The van der Waals surface area contributed by atoms with E-state index in [0.717, 1.165) is 67.6 Å². The highest BCUT2D eigenvalue weighted by Gasteiger charge is 2.35. The minimum Gasteiger partial charge on any atom is -0.488 e. The van der Waals surface area contributed by atoms with Gasteiger partial charge in [-0.2, -0.15) is 0 Å². The number of amides is 1. The van der Waals surface area contributed by atoms with Gasteiger partial charge < -0.3 is 19.1 Å². The molecule has 2 heterocycles. The maximum absolute atomic E-state index is 12.7. The van der Waals surface area contributed by atoms with Gasteiger partial charge in [0.1, 0.15) is 23.7 Å². The summed E-state index contributed by atoms with van der Waals surface area (Å²) in [7, 11) is 5.03. The van der Waals surface area contributed by atoms with Crippen LogP contribution in [0.5, 0.6) is 5.75 Å². The van der Waals surface area contributed by atoms with Crippen LogP contribution in [0.3, 0.4) is 0 Å². The van der Waals surface area contributed by atoms with Gasteiger partial charge in [0.15, 0.2) is 0 Å². The molecule has 10 heteroatoms. The van der Waals surface area contributed by atoms with Crippen molar-refractivity contribution in [1.29, 1.82) is 0 Å². The van der Waals surface area contributed by atoms with E-state index in [9.17, 15) is 9.59 Å². The van der Waals surface area contributed by atoms with Crippen LogP contribution in [0.25, 0.3) is 11.4 Å². The molecule has 2 aromatic heterocycles. The van der Waals surface area contributed by atoms with E-state index in [-0.39, 0.29) is 36.7 Å². The van der Waals surface area contributed by atoms with Crippen LogP contribution in [0.1, 0.15) is 81.2 Å². The number of hydrogen-bond donors (Lipinski definition) is 0. The van der Waals surface area contributed by atoms with Gasteiger partial charge in [-0.05, 0) is 82.8 Å². The van der Waals surface area contributed by atoms with Gasteiger partial charge in [0.05, 0.1) is 30.5 Å². The number of carbonyl (C=O) groups is 2. The molecule has 0 aliphatic heterocycles. The molecule has 2 aromatic rings. The Kier molecular flexibility index (Phi) is 7.59. The molecule has 0 bridgehead atoms. The number of carbonyl (C=O) groups excluding carboxylic acids is 2. The van der Waals surface area contributed by atoms with Gasteiger partial charge >= 0.3 is 12.1 Å². The zero-order valence-corrected chi connectivity index (χ0v) is 23.1. The normalized spacial score (nSPS) is 22.0. The fourth-order valence-electron chi connectivity index (χ4n) is 5.41. The van der Waals surface area contributed by atoms with E-state index in [2.05, 4.69) is 17.2 Å². The van der Waals surface area contributed by atoms with Crippen LogP contribution in [0.4, 0.5) is 4.79 Å². The summed E-state index contributed by atoms with van der Waals surface area (Å²) in [5.41, 5.74) is 3.89. The summed E-state index contributed by atoms with van der Waals surface area (Å²) in [6, 6.07) is 2.20. The van der Waals surface area contributed by atoms with Gasteiger partial charge in [-0.25, -0.2) is 14.5 Å². The number of aryl methyl sites for hydroxylation is 2. The number of esters is 1. The van der Waals surface area contributed by atoms with Gasteiger partial charge in [-0.1, -0.05) is 5.21 Å². The molecule has 1 amide bonds. The molecule has 0 aromatic carbocycles. The first-order valence-electron chi connectivity index (χ1n) is 13.8. The molecule has 3 fully saturated rings. The third-order valence-electron chi connectivity index (χ3n) is 8.33. The van der Waals surface area contributed by atoms with Crippen molar-refractivity contribution in [2.45, 2.75) is 89.9 Å². The zero-order valence-electron chi connectivity index (χ0n) is 23.1. The van der Waals surface area contributed by atoms with E-state index in [1.807, 2.05) is 13.0 Å². The predicted molar refractivity (Wildman–Crippen MR) is 139 cm³/mol. The lowest BCUT2D eigenvalue weighted by atomic mass is 9.87. The molecular formula is C28H39N5O5. The van der Waals surface area contributed by atoms with Crippen LogP contribution in [-0.4, -0.2) is 63.2 Å². The molecule has 5 rings (SSSR count). The molecule has 0 radical (unpaired) electrons. The van der Waals surface area contributed by atoms with Crippen molar-refractivity contribution < 1.29 is 23.8 Å². The van der Waals surface area contributed by atoms with Crippen LogP contribution < -0.4 is 4.74 Å². The first kappa shape index (κ1) is 26.4. The Balaban J connectivity index is 1.34. The van der Waals surface area contributed by atoms with Crippen LogP contribution in [0.15, 0.2) is 6.07 Å². The Morgan fingerprint density at radius 2 is 1.92 bits per heavy atom. The Labute approximate surface area is 224 Å². The zero-order chi connectivity index (χ0) is 27.0. The molecule has 3 atom stereocenters. The second kappa shape index (κ2) is 10.9. The lowest BCUT2D eigenvalue weighted by molar-refractivity contribution is -0.147. The highest BCUT2D eigenvalue weighted by molar-refractivity contribution is 5.72. The molecular weight excluding hydrogens is 486 g/mol. The lowest BCUT2D eigenvalue weighted by Gasteiger charge is -2.29. The first-order valence-corrected chi connectivity index (χ1v) is 13.8. The van der Waals surface area contributed by atoms with Crippen LogP contribution >= 0.6 is 0 Å². The highest BCUT2D eigenvalue weighted by atomic mass is 16.6. The van der Waals surface area contributed by atoms with E-state index in [0.29, 0.717) is 29.6 Å². The van der Waals surface area contributed by atoms with Gasteiger partial charge in [0, 0.05) is 26.1 Å². The summed E-state index contributed by atoms with van der Waals surface area (Å²) in [6.45, 7) is 4.11. The number of aromatic nitrogens is 4. The second-order valence-corrected chi connectivity index (χ2v) is 11.2. The van der Waals surface area contributed by atoms with Crippen molar-refractivity contribution in [3.05, 3.63) is 23.0 Å². The van der Waals surface area contributed by atoms with Gasteiger partial charge in [0.2, 0.25) is 0 Å². The Morgan fingerprint density at radius 1 is 1.16 bits per heavy atom. The molecule has 0 unspecified atom stereocenters. The fraction of sp³-hybridized carbons (Fsp3) is 0.679. The Hall–Kier alpha value is -3.17. The number of hydrogen-bond acceptors (Lipinski definition) is 8. The molecule has 0 saturated heterocycles. The first-order chi connectivity index (χ1) is 18.3. The molecule has 0 N–H and O–H groups in total. The SMILES string of the molecule is COC(=O)[C@H]1CCC[C@H](Oc2cc(C)c(-c3nnn(C)c3COC(=O)N(C)[C@H](C)C3CC3)nc2C2CC2)C1. The lowest BCUT2D eigenvalue weighted by Crippen LogP contribution is -2.36. The summed E-state index contributed by atoms with van der Waals surface area (Å²) < 4.78 is 18.8. The third-order valence-corrected chi connectivity index (χ3v) is 8.33. The molecule has 38 heavy (non-hydrogen) atoms. The van der Waals surface area contributed by atoms with Crippen LogP contribution in [-0.2, 0) is 27.9 Å². The Bertz CT molecular complexity index is 1190. The largest absolute Gasteiger partial charge is 0.488 e. The molecule has 3 aliphatic carbocycles.